The number of urea groups is 1. The third-order valence-corrected chi connectivity index (χ3v) is 5.32. The molecule has 0 radical (unpaired) electrons. The van der Waals surface area contributed by atoms with Crippen LogP contribution in [0.25, 0.3) is 11.8 Å². The van der Waals surface area contributed by atoms with Crippen molar-refractivity contribution in [1.29, 1.82) is 0 Å². The number of aryl methyl sites for hydroxylation is 2. The molecule has 1 aliphatic rings. The summed E-state index contributed by atoms with van der Waals surface area (Å²) in [6, 6.07) is 7.29. The van der Waals surface area contributed by atoms with Crippen LogP contribution in [-0.2, 0) is 9.59 Å². The van der Waals surface area contributed by atoms with E-state index in [1.54, 1.807) is 0 Å². The van der Waals surface area contributed by atoms with Crippen molar-refractivity contribution >= 4 is 46.5 Å². The molecular weight excluding hydrogens is 433 g/mol. The first kappa shape index (κ1) is 17.4. The molecule has 0 aliphatic carbocycles. The predicted octanol–water partition coefficient (Wildman–Crippen LogP) is 2.76. The maximum Gasteiger partial charge on any atom is 0.328 e. The Balaban J connectivity index is 2.07. The van der Waals surface area contributed by atoms with Crippen LogP contribution in [-0.4, -0.2) is 22.4 Å². The van der Waals surface area contributed by atoms with Crippen LogP contribution in [0.5, 0.6) is 0 Å². The van der Waals surface area contributed by atoms with E-state index in [1.807, 2.05) is 26.0 Å². The molecule has 1 fully saturated rings. The van der Waals surface area contributed by atoms with Crippen molar-refractivity contribution in [3.63, 3.8) is 0 Å². The van der Waals surface area contributed by atoms with Gasteiger partial charge in [0.2, 0.25) is 0 Å². The molecule has 4 amide bonds. The van der Waals surface area contributed by atoms with E-state index in [-0.39, 0.29) is 5.57 Å². The van der Waals surface area contributed by atoms with Gasteiger partial charge in [0.1, 0.15) is 5.57 Å². The highest BCUT2D eigenvalue weighted by Crippen LogP contribution is 2.25. The third-order valence-electron chi connectivity index (χ3n) is 4.11. The minimum Gasteiger partial charge on any atom is -0.318 e. The molecule has 0 bridgehead atoms. The Morgan fingerprint density at radius 2 is 1.64 bits per heavy atom. The number of halogens is 1. The molecule has 2 heterocycles. The second-order valence-corrected chi connectivity index (χ2v) is 7.05. The molecule has 2 aromatic rings. The van der Waals surface area contributed by atoms with Crippen LogP contribution >= 0.6 is 22.6 Å². The fourth-order valence-corrected chi connectivity index (χ4v) is 3.20. The molecule has 3 rings (SSSR count). The molecular formula is C18H16IN3O3. The van der Waals surface area contributed by atoms with Crippen LogP contribution in [0.4, 0.5) is 4.79 Å². The summed E-state index contributed by atoms with van der Waals surface area (Å²) in [6.45, 7) is 5.94. The van der Waals surface area contributed by atoms with Gasteiger partial charge in [-0.25, -0.2) is 4.79 Å². The first-order valence-corrected chi connectivity index (χ1v) is 8.69. The first-order chi connectivity index (χ1) is 11.8. The average molecular weight is 449 g/mol. The van der Waals surface area contributed by atoms with Crippen LogP contribution in [0.3, 0.4) is 0 Å². The van der Waals surface area contributed by atoms with Crippen molar-refractivity contribution in [1.82, 2.24) is 15.2 Å². The average Bonchev–Trinajstić information content (AvgIpc) is 2.80. The molecule has 1 aromatic carbocycles. The highest BCUT2D eigenvalue weighted by molar-refractivity contribution is 14.1. The van der Waals surface area contributed by atoms with E-state index in [1.165, 1.54) is 15.2 Å². The fourth-order valence-electron chi connectivity index (χ4n) is 2.86. The maximum absolute atomic E-state index is 11.9. The van der Waals surface area contributed by atoms with E-state index < -0.39 is 17.8 Å². The number of nitrogens with one attached hydrogen (secondary N) is 2. The number of rotatable bonds is 2. The Hall–Kier alpha value is -2.42. The van der Waals surface area contributed by atoms with Gasteiger partial charge in [-0.2, -0.15) is 0 Å². The number of hydrogen-bond acceptors (Lipinski definition) is 3. The van der Waals surface area contributed by atoms with Gasteiger partial charge in [0.05, 0.1) is 0 Å². The summed E-state index contributed by atoms with van der Waals surface area (Å²) in [5.41, 5.74) is 4.75. The van der Waals surface area contributed by atoms with Gasteiger partial charge in [-0.05, 0) is 84.8 Å². The lowest BCUT2D eigenvalue weighted by molar-refractivity contribution is -0.123. The smallest absolute Gasteiger partial charge is 0.318 e. The molecule has 128 valence electrons. The zero-order valence-electron chi connectivity index (χ0n) is 13.9. The number of carbonyl (C=O) groups excluding carboxylic acids is 3. The summed E-state index contributed by atoms with van der Waals surface area (Å²) in [6.07, 6.45) is 1.51. The van der Waals surface area contributed by atoms with E-state index in [0.29, 0.717) is 0 Å². The van der Waals surface area contributed by atoms with Crippen LogP contribution in [0.1, 0.15) is 22.5 Å². The Kier molecular flexibility index (Phi) is 4.51. The van der Waals surface area contributed by atoms with Gasteiger partial charge >= 0.3 is 6.03 Å². The predicted molar refractivity (Wildman–Crippen MR) is 102 cm³/mol. The SMILES string of the molecule is Cc1cc(-n2c(C)cc(C=C3C(=O)NC(=O)NC3=O)c2C)ccc1I. The van der Waals surface area contributed by atoms with Gasteiger partial charge in [-0.15, -0.1) is 0 Å². The van der Waals surface area contributed by atoms with Crippen LogP contribution in [0.15, 0.2) is 29.8 Å². The van der Waals surface area contributed by atoms with E-state index in [9.17, 15) is 14.4 Å². The summed E-state index contributed by atoms with van der Waals surface area (Å²) < 4.78 is 3.26. The number of aromatic nitrogens is 1. The third kappa shape index (κ3) is 3.23. The lowest BCUT2D eigenvalue weighted by Gasteiger charge is -2.14. The number of barbiturate groups is 1. The molecule has 6 nitrogen and oxygen atoms in total. The molecule has 0 atom stereocenters. The molecule has 0 unspecified atom stereocenters. The van der Waals surface area contributed by atoms with Crippen LogP contribution < -0.4 is 10.6 Å². The van der Waals surface area contributed by atoms with Gasteiger partial charge in [0.25, 0.3) is 11.8 Å². The Morgan fingerprint density at radius 1 is 1.00 bits per heavy atom. The van der Waals surface area contributed by atoms with Gasteiger partial charge in [0, 0.05) is 20.6 Å². The summed E-state index contributed by atoms with van der Waals surface area (Å²) in [7, 11) is 0. The van der Waals surface area contributed by atoms with Crippen molar-refractivity contribution in [3.8, 4) is 5.69 Å². The Morgan fingerprint density at radius 3 is 2.24 bits per heavy atom. The zero-order valence-corrected chi connectivity index (χ0v) is 16.1. The van der Waals surface area contributed by atoms with E-state index >= 15 is 0 Å². The summed E-state index contributed by atoms with van der Waals surface area (Å²) in [5, 5.41) is 4.16. The van der Waals surface area contributed by atoms with Crippen molar-refractivity contribution in [2.24, 2.45) is 0 Å². The van der Waals surface area contributed by atoms with Crippen molar-refractivity contribution < 1.29 is 14.4 Å². The van der Waals surface area contributed by atoms with Crippen molar-refractivity contribution in [2.45, 2.75) is 20.8 Å². The summed E-state index contributed by atoms with van der Waals surface area (Å²) in [5.74, 6) is -1.38. The zero-order chi connectivity index (χ0) is 18.3. The largest absolute Gasteiger partial charge is 0.328 e. The van der Waals surface area contributed by atoms with Crippen molar-refractivity contribution in [2.75, 3.05) is 0 Å². The fraction of sp³-hybridized carbons (Fsp3) is 0.167. The molecule has 1 aromatic heterocycles. The molecule has 1 saturated heterocycles. The van der Waals surface area contributed by atoms with Crippen LogP contribution in [0.2, 0.25) is 0 Å². The number of nitrogens with zero attached hydrogens (tertiary/aromatic N) is 1. The molecule has 7 heteroatoms. The van der Waals surface area contributed by atoms with Crippen LogP contribution in [0, 0.1) is 24.3 Å². The highest BCUT2D eigenvalue weighted by atomic mass is 127. The minimum atomic E-state index is -0.799. The molecule has 1 aliphatic heterocycles. The first-order valence-electron chi connectivity index (χ1n) is 7.61. The summed E-state index contributed by atoms with van der Waals surface area (Å²) in [4.78, 5) is 35.0. The van der Waals surface area contributed by atoms with Crippen molar-refractivity contribution in [3.05, 3.63) is 55.9 Å². The topological polar surface area (TPSA) is 80.2 Å². The van der Waals surface area contributed by atoms with Gasteiger partial charge in [-0.3, -0.25) is 20.2 Å². The molecule has 2 N–H and O–H groups in total. The number of hydrogen-bond donors (Lipinski definition) is 2. The van der Waals surface area contributed by atoms with E-state index in [2.05, 4.69) is 56.8 Å². The second-order valence-electron chi connectivity index (χ2n) is 5.89. The number of amides is 4. The quantitative estimate of drug-likeness (QED) is 0.421. The normalized spacial score (nSPS) is 14.4. The Bertz CT molecular complexity index is 935. The minimum absolute atomic E-state index is 0.0846. The number of imide groups is 2. The Labute approximate surface area is 158 Å². The van der Waals surface area contributed by atoms with Gasteiger partial charge in [0.15, 0.2) is 0 Å². The standard InChI is InChI=1S/C18H16IN3O3/c1-9-6-13(4-5-15(9)19)22-10(2)7-12(11(22)3)8-14-16(23)20-18(25)21-17(14)24/h4-8H,1-3H3,(H2,20,21,23,24,25). The number of carbonyl (C=O) groups is 3. The number of benzene rings is 1. The van der Waals surface area contributed by atoms with Gasteiger partial charge in [-0.1, -0.05) is 0 Å². The molecule has 0 spiro atoms. The monoisotopic (exact) mass is 449 g/mol. The molecule has 0 saturated carbocycles. The maximum atomic E-state index is 11.9. The highest BCUT2D eigenvalue weighted by Gasteiger charge is 2.28. The lowest BCUT2D eigenvalue weighted by atomic mass is 10.1. The van der Waals surface area contributed by atoms with E-state index in [0.717, 1.165) is 22.6 Å². The lowest BCUT2D eigenvalue weighted by Crippen LogP contribution is -2.51. The second kappa shape index (κ2) is 6.47. The van der Waals surface area contributed by atoms with E-state index in [4.69, 9.17) is 0 Å². The van der Waals surface area contributed by atoms with Gasteiger partial charge < -0.3 is 4.57 Å². The summed E-state index contributed by atoms with van der Waals surface area (Å²) >= 11 is 2.29. The molecule has 25 heavy (non-hydrogen) atoms.